The quantitative estimate of drug-likeness (QED) is 0.819. The Bertz CT molecular complexity index is 462. The highest BCUT2D eigenvalue weighted by Gasteiger charge is 2.06. The molecule has 72 valence electrons. The molecule has 14 heavy (non-hydrogen) atoms. The molecule has 4 heteroatoms. The number of nitrogens with one attached hydrogen (secondary N) is 1. The number of nitrogens with two attached hydrogens (primary N) is 1. The van der Waals surface area contributed by atoms with E-state index in [1.54, 1.807) is 0 Å². The molecule has 0 saturated heterocycles. The van der Waals surface area contributed by atoms with Crippen molar-refractivity contribution in [1.82, 2.24) is 10.2 Å². The zero-order chi connectivity index (χ0) is 10.1. The van der Waals surface area contributed by atoms with Gasteiger partial charge in [-0.15, -0.1) is 0 Å². The van der Waals surface area contributed by atoms with Crippen LogP contribution in [-0.4, -0.2) is 10.2 Å². The molecular formula is C10H10BrN3. The van der Waals surface area contributed by atoms with Gasteiger partial charge in [0.2, 0.25) is 0 Å². The van der Waals surface area contributed by atoms with Gasteiger partial charge in [0.25, 0.3) is 0 Å². The molecule has 3 N–H and O–H groups in total. The average molecular weight is 252 g/mol. The van der Waals surface area contributed by atoms with Crippen molar-refractivity contribution in [2.75, 3.05) is 5.73 Å². The number of aromatic amines is 1. The van der Waals surface area contributed by atoms with Crippen LogP contribution in [-0.2, 0) is 0 Å². The lowest BCUT2D eigenvalue weighted by Crippen LogP contribution is -1.83. The van der Waals surface area contributed by atoms with Crippen LogP contribution in [0.2, 0.25) is 0 Å². The van der Waals surface area contributed by atoms with Crippen molar-refractivity contribution in [1.29, 1.82) is 0 Å². The zero-order valence-corrected chi connectivity index (χ0v) is 9.30. The Morgan fingerprint density at radius 2 is 2.21 bits per heavy atom. The lowest BCUT2D eigenvalue weighted by molar-refractivity contribution is 1.10. The van der Waals surface area contributed by atoms with Crippen LogP contribution in [0.3, 0.4) is 0 Å². The molecule has 0 amide bonds. The molecule has 0 fully saturated rings. The van der Waals surface area contributed by atoms with Crippen LogP contribution in [0.4, 0.5) is 5.82 Å². The van der Waals surface area contributed by atoms with Crippen LogP contribution >= 0.6 is 15.9 Å². The highest BCUT2D eigenvalue weighted by atomic mass is 79.9. The van der Waals surface area contributed by atoms with Gasteiger partial charge in [0.05, 0.1) is 5.69 Å². The number of benzene rings is 1. The zero-order valence-electron chi connectivity index (χ0n) is 7.71. The summed E-state index contributed by atoms with van der Waals surface area (Å²) in [5.74, 6) is 0.508. The molecule has 0 atom stereocenters. The Morgan fingerprint density at radius 1 is 1.43 bits per heavy atom. The molecule has 0 aliphatic carbocycles. The summed E-state index contributed by atoms with van der Waals surface area (Å²) in [7, 11) is 0. The van der Waals surface area contributed by atoms with Crippen LogP contribution in [0.1, 0.15) is 5.56 Å². The molecule has 0 spiro atoms. The highest BCUT2D eigenvalue weighted by molar-refractivity contribution is 9.10. The third-order valence-electron chi connectivity index (χ3n) is 2.08. The van der Waals surface area contributed by atoms with Crippen molar-refractivity contribution < 1.29 is 0 Å². The number of H-pyrrole nitrogens is 1. The number of hydrogen-bond acceptors (Lipinski definition) is 2. The third kappa shape index (κ3) is 1.53. The maximum atomic E-state index is 5.55. The third-order valence-corrected chi connectivity index (χ3v) is 3.13. The van der Waals surface area contributed by atoms with E-state index >= 15 is 0 Å². The van der Waals surface area contributed by atoms with E-state index in [2.05, 4.69) is 26.1 Å². The van der Waals surface area contributed by atoms with Gasteiger partial charge in [0.15, 0.2) is 0 Å². The monoisotopic (exact) mass is 251 g/mol. The molecule has 0 bridgehead atoms. The number of halogens is 1. The number of rotatable bonds is 1. The summed E-state index contributed by atoms with van der Waals surface area (Å²) >= 11 is 3.54. The molecule has 0 radical (unpaired) electrons. The Kier molecular flexibility index (Phi) is 2.29. The van der Waals surface area contributed by atoms with Gasteiger partial charge in [-0.25, -0.2) is 0 Å². The molecule has 1 heterocycles. The van der Waals surface area contributed by atoms with E-state index in [0.29, 0.717) is 5.82 Å². The Morgan fingerprint density at radius 3 is 2.86 bits per heavy atom. The molecule has 2 aromatic rings. The predicted molar refractivity (Wildman–Crippen MR) is 60.9 cm³/mol. The fourth-order valence-electron chi connectivity index (χ4n) is 1.33. The van der Waals surface area contributed by atoms with E-state index in [4.69, 9.17) is 5.73 Å². The number of anilines is 1. The van der Waals surface area contributed by atoms with Gasteiger partial charge in [-0.05, 0) is 28.4 Å². The molecule has 0 aliphatic rings. The van der Waals surface area contributed by atoms with Crippen molar-refractivity contribution in [3.63, 3.8) is 0 Å². The molecule has 1 aromatic heterocycles. The van der Waals surface area contributed by atoms with Gasteiger partial charge in [-0.1, -0.05) is 18.2 Å². The van der Waals surface area contributed by atoms with Crippen molar-refractivity contribution in [2.45, 2.75) is 6.92 Å². The number of aromatic nitrogens is 2. The normalized spacial score (nSPS) is 10.4. The van der Waals surface area contributed by atoms with Crippen molar-refractivity contribution >= 4 is 21.7 Å². The lowest BCUT2D eigenvalue weighted by atomic mass is 10.1. The summed E-state index contributed by atoms with van der Waals surface area (Å²) in [6, 6.07) is 7.89. The largest absolute Gasteiger partial charge is 0.382 e. The summed E-state index contributed by atoms with van der Waals surface area (Å²) in [6.45, 7) is 2.05. The van der Waals surface area contributed by atoms with Gasteiger partial charge >= 0.3 is 0 Å². The fraction of sp³-hybridized carbons (Fsp3) is 0.100. The van der Waals surface area contributed by atoms with Crippen molar-refractivity contribution in [3.05, 3.63) is 34.3 Å². The Hall–Kier alpha value is -1.29. The van der Waals surface area contributed by atoms with E-state index < -0.39 is 0 Å². The van der Waals surface area contributed by atoms with Gasteiger partial charge in [-0.2, -0.15) is 5.10 Å². The summed E-state index contributed by atoms with van der Waals surface area (Å²) in [5.41, 5.74) is 8.74. The smallest absolute Gasteiger partial charge is 0.145 e. The molecule has 1 aromatic carbocycles. The predicted octanol–water partition coefficient (Wildman–Crippen LogP) is 2.73. The van der Waals surface area contributed by atoms with Gasteiger partial charge in [-0.3, -0.25) is 5.10 Å². The molecule has 0 saturated carbocycles. The van der Waals surface area contributed by atoms with E-state index in [-0.39, 0.29) is 0 Å². The van der Waals surface area contributed by atoms with Crippen LogP contribution in [0.5, 0.6) is 0 Å². The van der Waals surface area contributed by atoms with Gasteiger partial charge < -0.3 is 5.73 Å². The average Bonchev–Trinajstić information content (AvgIpc) is 2.57. The standard InChI is InChI=1S/C10H10BrN3/c1-6-3-2-4-7(10(6)11)8-5-9(12)14-13-8/h2-5H,1H3,(H3,12,13,14). The first-order chi connectivity index (χ1) is 6.68. The first-order valence-corrected chi connectivity index (χ1v) is 5.04. The summed E-state index contributed by atoms with van der Waals surface area (Å²) in [4.78, 5) is 0. The summed E-state index contributed by atoms with van der Waals surface area (Å²) < 4.78 is 1.07. The molecular weight excluding hydrogens is 242 g/mol. The van der Waals surface area contributed by atoms with Gasteiger partial charge in [0.1, 0.15) is 5.82 Å². The Labute approximate surface area is 90.5 Å². The minimum atomic E-state index is 0.508. The van der Waals surface area contributed by atoms with E-state index in [1.807, 2.05) is 31.2 Å². The second kappa shape index (κ2) is 3.46. The van der Waals surface area contributed by atoms with Crippen molar-refractivity contribution in [2.24, 2.45) is 0 Å². The first kappa shape index (κ1) is 9.27. The summed E-state index contributed by atoms with van der Waals surface area (Å²) in [5, 5.41) is 6.78. The molecule has 3 nitrogen and oxygen atoms in total. The number of nitrogen functional groups attached to an aromatic ring is 1. The van der Waals surface area contributed by atoms with Crippen molar-refractivity contribution in [3.8, 4) is 11.3 Å². The molecule has 2 rings (SSSR count). The highest BCUT2D eigenvalue weighted by Crippen LogP contribution is 2.29. The summed E-state index contributed by atoms with van der Waals surface area (Å²) in [6.07, 6.45) is 0. The minimum Gasteiger partial charge on any atom is -0.382 e. The van der Waals surface area contributed by atoms with E-state index in [1.165, 1.54) is 5.56 Å². The SMILES string of the molecule is Cc1cccc(-c2cc(N)n[nH]2)c1Br. The van der Waals surface area contributed by atoms with E-state index in [9.17, 15) is 0 Å². The molecule has 0 unspecified atom stereocenters. The van der Waals surface area contributed by atoms with E-state index in [0.717, 1.165) is 15.7 Å². The first-order valence-electron chi connectivity index (χ1n) is 4.25. The number of aryl methyl sites for hydroxylation is 1. The number of hydrogen-bond donors (Lipinski definition) is 2. The lowest BCUT2D eigenvalue weighted by Gasteiger charge is -2.03. The maximum absolute atomic E-state index is 5.55. The number of nitrogens with zero attached hydrogens (tertiary/aromatic N) is 1. The second-order valence-corrected chi connectivity index (χ2v) is 3.94. The maximum Gasteiger partial charge on any atom is 0.145 e. The van der Waals surface area contributed by atoms with Crippen LogP contribution in [0.25, 0.3) is 11.3 Å². The Balaban J connectivity index is 2.57. The van der Waals surface area contributed by atoms with Crippen LogP contribution in [0.15, 0.2) is 28.7 Å². The molecule has 0 aliphatic heterocycles. The van der Waals surface area contributed by atoms with Gasteiger partial charge in [0, 0.05) is 16.1 Å². The fourth-order valence-corrected chi connectivity index (χ4v) is 1.81. The second-order valence-electron chi connectivity index (χ2n) is 3.14. The topological polar surface area (TPSA) is 54.7 Å². The van der Waals surface area contributed by atoms with Crippen LogP contribution < -0.4 is 5.73 Å². The van der Waals surface area contributed by atoms with Crippen LogP contribution in [0, 0.1) is 6.92 Å². The minimum absolute atomic E-state index is 0.508.